The van der Waals surface area contributed by atoms with E-state index in [2.05, 4.69) is 48.4 Å². The van der Waals surface area contributed by atoms with E-state index in [1.54, 1.807) is 0 Å². The number of nitrogens with zero attached hydrogens (tertiary/aromatic N) is 1. The number of carbonyl (C=O) groups is 1. The fourth-order valence-electron chi connectivity index (χ4n) is 6.79. The number of aliphatic hydroxyl groups excluding tert-OH is 1. The Balaban J connectivity index is 1.44. The molecule has 0 spiro atoms. The molecule has 0 saturated carbocycles. The van der Waals surface area contributed by atoms with Gasteiger partial charge < -0.3 is 30.1 Å². The van der Waals surface area contributed by atoms with Crippen molar-refractivity contribution in [2.75, 3.05) is 25.0 Å². The molecule has 1 aliphatic heterocycles. The van der Waals surface area contributed by atoms with Crippen LogP contribution < -0.4 is 10.6 Å². The molecule has 0 aliphatic carbocycles. The number of urea groups is 1. The lowest BCUT2D eigenvalue weighted by atomic mass is 9.90. The van der Waals surface area contributed by atoms with Gasteiger partial charge in [0.2, 0.25) is 0 Å². The van der Waals surface area contributed by atoms with Gasteiger partial charge in [-0.25, -0.2) is 4.79 Å². The highest BCUT2D eigenvalue weighted by molar-refractivity contribution is 5.89. The summed E-state index contributed by atoms with van der Waals surface area (Å²) in [6.07, 6.45) is 14.8. The molecule has 0 radical (unpaired) electrons. The Bertz CT molecular complexity index is 1320. The van der Waals surface area contributed by atoms with Gasteiger partial charge in [-0.15, -0.1) is 0 Å². The van der Waals surface area contributed by atoms with Crippen LogP contribution in [-0.4, -0.2) is 41.8 Å². The van der Waals surface area contributed by atoms with Crippen LogP contribution in [0.15, 0.2) is 78.9 Å². The van der Waals surface area contributed by atoms with Crippen molar-refractivity contribution in [1.82, 2.24) is 10.2 Å². The summed E-state index contributed by atoms with van der Waals surface area (Å²) in [6.45, 7) is 10.4. The summed E-state index contributed by atoms with van der Waals surface area (Å²) in [5.41, 5.74) is 4.67. The van der Waals surface area contributed by atoms with E-state index in [0.717, 1.165) is 41.9 Å². The predicted molar refractivity (Wildman–Crippen MR) is 205 cm³/mol. The van der Waals surface area contributed by atoms with Gasteiger partial charge in [-0.1, -0.05) is 152 Å². The number of aliphatic hydroxyl groups is 1. The summed E-state index contributed by atoms with van der Waals surface area (Å²) in [4.78, 5) is 15.2. The molecule has 3 aromatic rings. The highest BCUT2D eigenvalue weighted by Crippen LogP contribution is 2.42. The zero-order chi connectivity index (χ0) is 35.4. The summed E-state index contributed by atoms with van der Waals surface area (Å²) >= 11 is 0. The lowest BCUT2D eigenvalue weighted by Crippen LogP contribution is -2.45. The van der Waals surface area contributed by atoms with E-state index in [9.17, 15) is 9.90 Å². The van der Waals surface area contributed by atoms with Crippen molar-refractivity contribution < 1.29 is 19.4 Å². The van der Waals surface area contributed by atoms with Gasteiger partial charge in [-0.3, -0.25) is 0 Å². The van der Waals surface area contributed by atoms with E-state index in [-0.39, 0.29) is 30.8 Å². The number of ether oxygens (including phenoxy) is 2. The summed E-state index contributed by atoms with van der Waals surface area (Å²) in [5.74, 6) is 0.136. The molecule has 3 N–H and O–H groups in total. The van der Waals surface area contributed by atoms with E-state index in [1.165, 1.54) is 77.0 Å². The lowest BCUT2D eigenvalue weighted by Gasteiger charge is -2.43. The number of amides is 2. The first kappa shape index (κ1) is 39.6. The first-order chi connectivity index (χ1) is 24.5. The zero-order valence-corrected chi connectivity index (χ0v) is 31.0. The lowest BCUT2D eigenvalue weighted by molar-refractivity contribution is -0.276. The van der Waals surface area contributed by atoms with E-state index in [4.69, 9.17) is 9.47 Å². The molecule has 2 amide bonds. The fraction of sp³-hybridized carbons (Fsp3) is 0.558. The Morgan fingerprint density at radius 1 is 0.700 bits per heavy atom. The summed E-state index contributed by atoms with van der Waals surface area (Å²) in [7, 11) is 0. The van der Waals surface area contributed by atoms with Crippen molar-refractivity contribution in [2.45, 2.75) is 129 Å². The predicted octanol–water partition coefficient (Wildman–Crippen LogP) is 10.3. The minimum Gasteiger partial charge on any atom is -0.392 e. The standard InChI is InChI=1S/C43H63N3O4/c1-4-6-8-10-12-17-29-46(30-18-13-11-9-7-5-2)32-40-34(3)41(37-23-21-36(33-47)22-24-37)50-42(49-40)38-25-27-39(28-26-38)45-43(48)44-31-35-19-15-14-16-20-35/h14-16,19-28,34,40-42,47H,4-13,17-18,29-33H2,1-3H3,(H2,44,45,48)/t34-,40+,41+,42+/m1/s1. The van der Waals surface area contributed by atoms with Gasteiger partial charge in [0.05, 0.1) is 18.8 Å². The molecule has 0 bridgehead atoms. The SMILES string of the molecule is CCCCCCCCN(CCCCCCCC)C[C@@H]1O[C@H](c2ccc(NC(=O)NCc3ccccc3)cc2)O[C@H](c2ccc(CO)cc2)[C@@H]1C. The molecule has 1 aliphatic rings. The van der Waals surface area contributed by atoms with Crippen LogP contribution in [0, 0.1) is 5.92 Å². The van der Waals surface area contributed by atoms with Crippen LogP contribution in [0.1, 0.15) is 132 Å². The van der Waals surface area contributed by atoms with Crippen molar-refractivity contribution in [1.29, 1.82) is 0 Å². The highest BCUT2D eigenvalue weighted by atomic mass is 16.7. The van der Waals surface area contributed by atoms with Gasteiger partial charge >= 0.3 is 6.03 Å². The molecule has 4 rings (SSSR count). The molecule has 1 saturated heterocycles. The number of hydrogen-bond donors (Lipinski definition) is 3. The molecule has 50 heavy (non-hydrogen) atoms. The minimum atomic E-state index is -0.537. The first-order valence-corrected chi connectivity index (χ1v) is 19.4. The van der Waals surface area contributed by atoms with Gasteiger partial charge in [0, 0.05) is 30.3 Å². The Labute approximate surface area is 302 Å². The third-order valence-electron chi connectivity index (χ3n) is 9.95. The molecule has 0 aromatic heterocycles. The molecule has 1 heterocycles. The molecule has 7 nitrogen and oxygen atoms in total. The van der Waals surface area contributed by atoms with Crippen LogP contribution in [-0.2, 0) is 22.6 Å². The second-order valence-corrected chi connectivity index (χ2v) is 14.1. The largest absolute Gasteiger partial charge is 0.392 e. The smallest absolute Gasteiger partial charge is 0.319 e. The molecule has 1 fully saturated rings. The number of benzene rings is 3. The normalized spacial score (nSPS) is 19.1. The van der Waals surface area contributed by atoms with Gasteiger partial charge in [0.15, 0.2) is 6.29 Å². The van der Waals surface area contributed by atoms with Crippen molar-refractivity contribution >= 4 is 11.7 Å². The number of anilines is 1. The Kier molecular flexibility index (Phi) is 17.8. The maximum Gasteiger partial charge on any atom is 0.319 e. The Hall–Kier alpha value is -3.23. The summed E-state index contributed by atoms with van der Waals surface area (Å²) < 4.78 is 13.6. The number of hydrogen-bond acceptors (Lipinski definition) is 5. The van der Waals surface area contributed by atoms with Crippen LogP contribution in [0.5, 0.6) is 0 Å². The van der Waals surface area contributed by atoms with Gasteiger partial charge in [0.25, 0.3) is 0 Å². The first-order valence-electron chi connectivity index (χ1n) is 19.4. The highest BCUT2D eigenvalue weighted by Gasteiger charge is 2.39. The van der Waals surface area contributed by atoms with Gasteiger partial charge in [-0.2, -0.15) is 0 Å². The van der Waals surface area contributed by atoms with Crippen molar-refractivity contribution in [3.05, 3.63) is 101 Å². The van der Waals surface area contributed by atoms with Crippen molar-refractivity contribution in [3.63, 3.8) is 0 Å². The third kappa shape index (κ3) is 13.5. The topological polar surface area (TPSA) is 83.1 Å². The number of carbonyl (C=O) groups excluding carboxylic acids is 1. The van der Waals surface area contributed by atoms with E-state index in [1.807, 2.05) is 66.7 Å². The number of rotatable bonds is 22. The van der Waals surface area contributed by atoms with Gasteiger partial charge in [-0.05, 0) is 54.8 Å². The van der Waals surface area contributed by atoms with Crippen LogP contribution in [0.4, 0.5) is 10.5 Å². The quantitative estimate of drug-likeness (QED) is 0.0917. The Morgan fingerprint density at radius 3 is 1.88 bits per heavy atom. The summed E-state index contributed by atoms with van der Waals surface area (Å²) in [6, 6.07) is 25.5. The van der Waals surface area contributed by atoms with Crippen molar-refractivity contribution in [2.24, 2.45) is 5.92 Å². The number of nitrogens with one attached hydrogen (secondary N) is 2. The number of unbranched alkanes of at least 4 members (excludes halogenated alkanes) is 10. The molecule has 3 aromatic carbocycles. The van der Waals surface area contributed by atoms with Crippen LogP contribution in [0.3, 0.4) is 0 Å². The third-order valence-corrected chi connectivity index (χ3v) is 9.95. The van der Waals surface area contributed by atoms with Gasteiger partial charge in [0.1, 0.15) is 0 Å². The monoisotopic (exact) mass is 685 g/mol. The minimum absolute atomic E-state index is 0.0157. The molecule has 4 atom stereocenters. The maximum absolute atomic E-state index is 12.6. The molecule has 274 valence electrons. The molecular weight excluding hydrogens is 622 g/mol. The van der Waals surface area contributed by atoms with E-state index < -0.39 is 6.29 Å². The van der Waals surface area contributed by atoms with Crippen LogP contribution in [0.25, 0.3) is 0 Å². The fourth-order valence-corrected chi connectivity index (χ4v) is 6.79. The molecular formula is C43H63N3O4. The average molecular weight is 686 g/mol. The van der Waals surface area contributed by atoms with Crippen molar-refractivity contribution in [3.8, 4) is 0 Å². The zero-order valence-electron chi connectivity index (χ0n) is 31.0. The van der Waals surface area contributed by atoms with E-state index in [0.29, 0.717) is 12.2 Å². The van der Waals surface area contributed by atoms with Crippen LogP contribution >= 0.6 is 0 Å². The summed E-state index contributed by atoms with van der Waals surface area (Å²) in [5, 5.41) is 15.5. The average Bonchev–Trinajstić information content (AvgIpc) is 3.15. The van der Waals surface area contributed by atoms with Crippen LogP contribution in [0.2, 0.25) is 0 Å². The van der Waals surface area contributed by atoms with E-state index >= 15 is 0 Å². The second kappa shape index (κ2) is 22.6. The maximum atomic E-state index is 12.6. The Morgan fingerprint density at radius 2 is 1.28 bits per heavy atom. The molecule has 0 unspecified atom stereocenters. The molecule has 7 heteroatoms. The second-order valence-electron chi connectivity index (χ2n) is 14.1.